The molecule has 0 saturated carbocycles. The molecule has 0 aliphatic heterocycles. The molecule has 1 N–H and O–H groups in total. The number of amides is 1. The second-order valence-corrected chi connectivity index (χ2v) is 7.18. The van der Waals surface area contributed by atoms with Crippen molar-refractivity contribution in [2.45, 2.75) is 46.3 Å². The summed E-state index contributed by atoms with van der Waals surface area (Å²) >= 11 is 3.38. The van der Waals surface area contributed by atoms with Crippen molar-refractivity contribution in [1.29, 1.82) is 0 Å². The molecule has 0 heterocycles. The third-order valence-electron chi connectivity index (χ3n) is 2.75. The van der Waals surface area contributed by atoms with Crippen LogP contribution in [0.25, 0.3) is 0 Å². The Hall–Kier alpha value is -1.23. The lowest BCUT2D eigenvalue weighted by Crippen LogP contribution is -2.45. The highest BCUT2D eigenvalue weighted by Gasteiger charge is 2.21. The molecular formula is C16H24BrNO3. The maximum atomic E-state index is 11.8. The largest absolute Gasteiger partial charge is 0.491 e. The molecule has 0 radical (unpaired) electrons. The standard InChI is InChI=1S/C16H24BrNO3/c1-11(2)14(18-15(19)21-16(3,4)5)10-20-13-8-6-12(17)7-9-13/h6-9,11,14H,10H2,1-5H3,(H,18,19). The number of ether oxygens (including phenoxy) is 2. The summed E-state index contributed by atoms with van der Waals surface area (Å²) < 4.78 is 12.0. The molecule has 1 aromatic carbocycles. The Balaban J connectivity index is 2.54. The lowest BCUT2D eigenvalue weighted by atomic mass is 10.1. The van der Waals surface area contributed by atoms with Crippen molar-refractivity contribution in [2.24, 2.45) is 5.92 Å². The van der Waals surface area contributed by atoms with Crippen LogP contribution in [0.4, 0.5) is 4.79 Å². The maximum Gasteiger partial charge on any atom is 0.407 e. The third kappa shape index (κ3) is 7.37. The Kier molecular flexibility index (Phi) is 6.52. The van der Waals surface area contributed by atoms with E-state index in [1.807, 2.05) is 58.9 Å². The normalized spacial score (nSPS) is 12.9. The molecule has 0 spiro atoms. The number of halogens is 1. The van der Waals surface area contributed by atoms with Gasteiger partial charge in [-0.15, -0.1) is 0 Å². The summed E-state index contributed by atoms with van der Waals surface area (Å²) in [6.07, 6.45) is -0.416. The predicted octanol–water partition coefficient (Wildman–Crippen LogP) is 4.38. The van der Waals surface area contributed by atoms with Crippen LogP contribution in [0.15, 0.2) is 28.7 Å². The van der Waals surface area contributed by atoms with Crippen LogP contribution < -0.4 is 10.1 Å². The highest BCUT2D eigenvalue weighted by molar-refractivity contribution is 9.10. The molecule has 1 rings (SSSR count). The molecule has 1 amide bonds. The van der Waals surface area contributed by atoms with E-state index in [-0.39, 0.29) is 12.0 Å². The smallest absolute Gasteiger partial charge is 0.407 e. The van der Waals surface area contributed by atoms with Gasteiger partial charge in [0.2, 0.25) is 0 Å². The van der Waals surface area contributed by atoms with Crippen molar-refractivity contribution in [3.63, 3.8) is 0 Å². The van der Waals surface area contributed by atoms with Crippen LogP contribution in [0.5, 0.6) is 5.75 Å². The first kappa shape index (κ1) is 17.8. The molecule has 118 valence electrons. The zero-order valence-electron chi connectivity index (χ0n) is 13.3. The van der Waals surface area contributed by atoms with Gasteiger partial charge in [0.05, 0.1) is 6.04 Å². The first-order chi connectivity index (χ1) is 9.67. The van der Waals surface area contributed by atoms with Crippen LogP contribution in [0.3, 0.4) is 0 Å². The minimum Gasteiger partial charge on any atom is -0.491 e. The zero-order chi connectivity index (χ0) is 16.0. The molecule has 21 heavy (non-hydrogen) atoms. The second kappa shape index (κ2) is 7.69. The van der Waals surface area contributed by atoms with Crippen molar-refractivity contribution < 1.29 is 14.3 Å². The Morgan fingerprint density at radius 2 is 1.81 bits per heavy atom. The van der Waals surface area contributed by atoms with Gasteiger partial charge < -0.3 is 14.8 Å². The maximum absolute atomic E-state index is 11.8. The van der Waals surface area contributed by atoms with Gasteiger partial charge >= 0.3 is 6.09 Å². The fraction of sp³-hybridized carbons (Fsp3) is 0.562. The van der Waals surface area contributed by atoms with Gasteiger partial charge in [0.1, 0.15) is 18.0 Å². The van der Waals surface area contributed by atoms with Crippen LogP contribution in [-0.2, 0) is 4.74 Å². The molecule has 0 bridgehead atoms. The number of nitrogens with one attached hydrogen (secondary N) is 1. The number of alkyl carbamates (subject to hydrolysis) is 1. The second-order valence-electron chi connectivity index (χ2n) is 6.26. The van der Waals surface area contributed by atoms with Crippen LogP contribution >= 0.6 is 15.9 Å². The van der Waals surface area contributed by atoms with Crippen molar-refractivity contribution in [2.75, 3.05) is 6.61 Å². The monoisotopic (exact) mass is 357 g/mol. The molecule has 1 unspecified atom stereocenters. The number of carbonyl (C=O) groups is 1. The van der Waals surface area contributed by atoms with Gasteiger partial charge in [-0.2, -0.15) is 0 Å². The summed E-state index contributed by atoms with van der Waals surface area (Å²) in [5.74, 6) is 1.02. The van der Waals surface area contributed by atoms with Gasteiger partial charge in [0.15, 0.2) is 0 Å². The lowest BCUT2D eigenvalue weighted by Gasteiger charge is -2.25. The van der Waals surface area contributed by atoms with E-state index in [1.54, 1.807) is 0 Å². The minimum atomic E-state index is -0.502. The number of hydrogen-bond acceptors (Lipinski definition) is 3. The summed E-state index contributed by atoms with van der Waals surface area (Å²) in [6, 6.07) is 7.50. The van der Waals surface area contributed by atoms with Crippen LogP contribution in [0.2, 0.25) is 0 Å². The van der Waals surface area contributed by atoms with Crippen molar-refractivity contribution in [1.82, 2.24) is 5.32 Å². The Morgan fingerprint density at radius 1 is 1.24 bits per heavy atom. The molecule has 0 saturated heterocycles. The van der Waals surface area contributed by atoms with Crippen molar-refractivity contribution in [3.05, 3.63) is 28.7 Å². The highest BCUT2D eigenvalue weighted by Crippen LogP contribution is 2.17. The van der Waals surface area contributed by atoms with E-state index in [0.29, 0.717) is 6.61 Å². The van der Waals surface area contributed by atoms with Crippen molar-refractivity contribution in [3.8, 4) is 5.75 Å². The fourth-order valence-corrected chi connectivity index (χ4v) is 1.84. The van der Waals surface area contributed by atoms with E-state index in [4.69, 9.17) is 9.47 Å². The molecule has 1 aromatic rings. The zero-order valence-corrected chi connectivity index (χ0v) is 14.9. The molecule has 1 atom stereocenters. The first-order valence-electron chi connectivity index (χ1n) is 7.05. The van der Waals surface area contributed by atoms with Crippen molar-refractivity contribution >= 4 is 22.0 Å². The average Bonchev–Trinajstić information content (AvgIpc) is 2.33. The fourth-order valence-electron chi connectivity index (χ4n) is 1.58. The van der Waals surface area contributed by atoms with E-state index in [9.17, 15) is 4.79 Å². The van der Waals surface area contributed by atoms with E-state index in [2.05, 4.69) is 21.2 Å². The lowest BCUT2D eigenvalue weighted by molar-refractivity contribution is 0.0469. The van der Waals surface area contributed by atoms with Gasteiger partial charge in [0, 0.05) is 4.47 Å². The number of carbonyl (C=O) groups excluding carboxylic acids is 1. The van der Waals surface area contributed by atoms with Gasteiger partial charge in [-0.05, 0) is 51.0 Å². The summed E-state index contributed by atoms with van der Waals surface area (Å²) in [4.78, 5) is 11.8. The molecule has 4 nitrogen and oxygen atoms in total. The topological polar surface area (TPSA) is 47.6 Å². The Bertz CT molecular complexity index is 452. The molecule has 0 aliphatic carbocycles. The summed E-state index contributed by atoms with van der Waals surface area (Å²) in [5, 5.41) is 2.86. The van der Waals surface area contributed by atoms with E-state index in [1.165, 1.54) is 0 Å². The average molecular weight is 358 g/mol. The van der Waals surface area contributed by atoms with E-state index >= 15 is 0 Å². The third-order valence-corrected chi connectivity index (χ3v) is 3.28. The number of rotatable bonds is 5. The molecule has 0 aliphatic rings. The minimum absolute atomic E-state index is 0.108. The molecule has 0 fully saturated rings. The van der Waals surface area contributed by atoms with Gasteiger partial charge in [-0.25, -0.2) is 4.79 Å². The number of hydrogen-bond donors (Lipinski definition) is 1. The Labute approximate surface area is 135 Å². The van der Waals surface area contributed by atoms with E-state index < -0.39 is 11.7 Å². The highest BCUT2D eigenvalue weighted by atomic mass is 79.9. The summed E-state index contributed by atoms with van der Waals surface area (Å²) in [7, 11) is 0. The molecular weight excluding hydrogens is 334 g/mol. The van der Waals surface area contributed by atoms with Crippen LogP contribution in [0.1, 0.15) is 34.6 Å². The van der Waals surface area contributed by atoms with Gasteiger partial charge in [-0.1, -0.05) is 29.8 Å². The molecule has 5 heteroatoms. The summed E-state index contributed by atoms with van der Waals surface area (Å²) in [5.41, 5.74) is -0.502. The SMILES string of the molecule is CC(C)C(COc1ccc(Br)cc1)NC(=O)OC(C)(C)C. The quantitative estimate of drug-likeness (QED) is 0.850. The molecule has 0 aromatic heterocycles. The van der Waals surface area contributed by atoms with Crippen LogP contribution in [-0.4, -0.2) is 24.3 Å². The number of benzene rings is 1. The van der Waals surface area contributed by atoms with E-state index in [0.717, 1.165) is 10.2 Å². The van der Waals surface area contributed by atoms with Crippen LogP contribution in [0, 0.1) is 5.92 Å². The van der Waals surface area contributed by atoms with Gasteiger partial charge in [0.25, 0.3) is 0 Å². The summed E-state index contributed by atoms with van der Waals surface area (Å²) in [6.45, 7) is 10.00. The first-order valence-corrected chi connectivity index (χ1v) is 7.84. The van der Waals surface area contributed by atoms with Gasteiger partial charge in [-0.3, -0.25) is 0 Å². The Morgan fingerprint density at radius 3 is 2.29 bits per heavy atom. The predicted molar refractivity (Wildman–Crippen MR) is 87.6 cm³/mol.